The molecule has 0 N–H and O–H groups in total. The summed E-state index contributed by atoms with van der Waals surface area (Å²) in [7, 11) is 0.742. The molecular weight excluding hydrogens is 200 g/mol. The summed E-state index contributed by atoms with van der Waals surface area (Å²) in [6, 6.07) is 0. The van der Waals surface area contributed by atoms with Crippen LogP contribution in [0.1, 0.15) is 53.4 Å². The minimum absolute atomic E-state index is 0.742. The predicted molar refractivity (Wildman–Crippen MR) is 73.6 cm³/mol. The fourth-order valence-electron chi connectivity index (χ4n) is 2.79. The van der Waals surface area contributed by atoms with Crippen molar-refractivity contribution in [3.05, 3.63) is 0 Å². The van der Waals surface area contributed by atoms with Gasteiger partial charge in [0.25, 0.3) is 0 Å². The van der Waals surface area contributed by atoms with Crippen LogP contribution in [-0.4, -0.2) is 17.3 Å². The summed E-state index contributed by atoms with van der Waals surface area (Å²) in [5, 5.41) is 0. The van der Waals surface area contributed by atoms with E-state index in [2.05, 4.69) is 27.7 Å². The minimum Gasteiger partial charge on any atom is -0.0625 e. The minimum atomic E-state index is 0.742. The summed E-state index contributed by atoms with van der Waals surface area (Å²) in [5.41, 5.74) is 0. The summed E-state index contributed by atoms with van der Waals surface area (Å²) in [6.07, 6.45) is 6.05. The highest BCUT2D eigenvalue weighted by molar-refractivity contribution is 7.96. The van der Waals surface area contributed by atoms with E-state index in [9.17, 15) is 0 Å². The first-order valence-corrected chi connectivity index (χ1v) is 8.54. The lowest BCUT2D eigenvalue weighted by Gasteiger charge is -2.30. The molecule has 0 aliphatic heterocycles. The average Bonchev–Trinajstić information content (AvgIpc) is 2.26. The van der Waals surface area contributed by atoms with Gasteiger partial charge in [0.05, 0.1) is 0 Å². The zero-order chi connectivity index (χ0) is 11.3. The van der Waals surface area contributed by atoms with Crippen LogP contribution in [0.4, 0.5) is 0 Å². The molecule has 15 heavy (non-hydrogen) atoms. The van der Waals surface area contributed by atoms with E-state index < -0.39 is 0 Å². The largest absolute Gasteiger partial charge is 0.110 e. The van der Waals surface area contributed by atoms with Gasteiger partial charge < -0.3 is 0 Å². The van der Waals surface area contributed by atoms with E-state index in [1.807, 2.05) is 0 Å². The molecule has 1 rings (SSSR count). The van der Waals surface area contributed by atoms with Crippen LogP contribution in [-0.2, 0) is 10.9 Å². The lowest BCUT2D eigenvalue weighted by molar-refractivity contribution is 0.236. The van der Waals surface area contributed by atoms with E-state index in [0.717, 1.165) is 28.6 Å². The van der Waals surface area contributed by atoms with Crippen LogP contribution in [0.15, 0.2) is 0 Å². The Morgan fingerprint density at radius 2 is 1.53 bits per heavy atom. The van der Waals surface area contributed by atoms with Gasteiger partial charge in [-0.3, -0.25) is 0 Å². The Bertz CT molecular complexity index is 153. The fourth-order valence-corrected chi connectivity index (χ4v) is 4.67. The van der Waals surface area contributed by atoms with Crippen LogP contribution in [0.3, 0.4) is 0 Å². The lowest BCUT2D eigenvalue weighted by Crippen LogP contribution is -2.25. The van der Waals surface area contributed by atoms with Crippen molar-refractivity contribution in [1.82, 2.24) is 0 Å². The molecule has 0 aromatic heterocycles. The molecule has 0 spiro atoms. The normalized spacial score (nSPS) is 27.6. The number of hydrogen-bond donors (Lipinski definition) is 0. The Morgan fingerprint density at radius 3 is 1.93 bits per heavy atom. The SMILES string of the molecule is CC[S+](CC)CC1CCC(C(C)C)CC1. The van der Waals surface area contributed by atoms with Crippen molar-refractivity contribution in [2.24, 2.45) is 17.8 Å². The van der Waals surface area contributed by atoms with Crippen LogP contribution < -0.4 is 0 Å². The average molecular weight is 229 g/mol. The monoisotopic (exact) mass is 229 g/mol. The highest BCUT2D eigenvalue weighted by Crippen LogP contribution is 2.34. The second kappa shape index (κ2) is 6.83. The highest BCUT2D eigenvalue weighted by Gasteiger charge is 2.27. The first-order chi connectivity index (χ1) is 7.17. The van der Waals surface area contributed by atoms with Gasteiger partial charge in [-0.2, -0.15) is 0 Å². The number of hydrogen-bond acceptors (Lipinski definition) is 0. The Balaban J connectivity index is 2.25. The summed E-state index contributed by atoms with van der Waals surface area (Å²) >= 11 is 0. The van der Waals surface area contributed by atoms with E-state index in [4.69, 9.17) is 0 Å². The molecule has 0 unspecified atom stereocenters. The molecule has 0 saturated heterocycles. The van der Waals surface area contributed by atoms with Crippen LogP contribution in [0, 0.1) is 17.8 Å². The zero-order valence-electron chi connectivity index (χ0n) is 11.1. The Labute approximate surface area is 99.6 Å². The molecule has 90 valence electrons. The third kappa shape index (κ3) is 4.38. The van der Waals surface area contributed by atoms with E-state index in [0.29, 0.717) is 0 Å². The predicted octanol–water partition coefficient (Wildman–Crippen LogP) is 4.11. The topological polar surface area (TPSA) is 0 Å². The molecule has 1 saturated carbocycles. The molecule has 0 aromatic carbocycles. The number of rotatable bonds is 5. The summed E-state index contributed by atoms with van der Waals surface area (Å²) in [4.78, 5) is 0. The van der Waals surface area contributed by atoms with Gasteiger partial charge in [-0.05, 0) is 62.3 Å². The van der Waals surface area contributed by atoms with Crippen molar-refractivity contribution in [3.8, 4) is 0 Å². The summed E-state index contributed by atoms with van der Waals surface area (Å²) in [5.74, 6) is 7.40. The molecule has 0 radical (unpaired) electrons. The van der Waals surface area contributed by atoms with Crippen molar-refractivity contribution in [2.75, 3.05) is 17.3 Å². The second-order valence-electron chi connectivity index (χ2n) is 5.38. The van der Waals surface area contributed by atoms with Crippen LogP contribution >= 0.6 is 0 Å². The van der Waals surface area contributed by atoms with E-state index in [-0.39, 0.29) is 0 Å². The van der Waals surface area contributed by atoms with Gasteiger partial charge in [-0.25, -0.2) is 0 Å². The smallest absolute Gasteiger partial charge is 0.0625 e. The maximum Gasteiger partial charge on any atom is 0.110 e. The molecule has 0 nitrogen and oxygen atoms in total. The molecule has 0 bridgehead atoms. The van der Waals surface area contributed by atoms with Crippen molar-refractivity contribution >= 4 is 10.9 Å². The molecule has 1 aliphatic carbocycles. The third-order valence-corrected chi connectivity index (χ3v) is 6.70. The van der Waals surface area contributed by atoms with Gasteiger partial charge in [-0.1, -0.05) is 13.8 Å². The first-order valence-electron chi connectivity index (χ1n) is 6.81. The van der Waals surface area contributed by atoms with Crippen LogP contribution in [0.25, 0.3) is 0 Å². The van der Waals surface area contributed by atoms with Gasteiger partial charge in [0.1, 0.15) is 17.3 Å². The Morgan fingerprint density at radius 1 is 1.00 bits per heavy atom. The maximum atomic E-state index is 2.40. The van der Waals surface area contributed by atoms with Crippen molar-refractivity contribution in [2.45, 2.75) is 53.4 Å². The quantitative estimate of drug-likeness (QED) is 0.623. The third-order valence-electron chi connectivity index (χ3n) is 4.12. The molecule has 1 aliphatic rings. The molecule has 0 heterocycles. The van der Waals surface area contributed by atoms with Crippen molar-refractivity contribution in [3.63, 3.8) is 0 Å². The fraction of sp³-hybridized carbons (Fsp3) is 1.00. The zero-order valence-corrected chi connectivity index (χ0v) is 11.9. The lowest BCUT2D eigenvalue weighted by atomic mass is 9.77. The molecule has 1 fully saturated rings. The van der Waals surface area contributed by atoms with Gasteiger partial charge in [-0.15, -0.1) is 0 Å². The van der Waals surface area contributed by atoms with Gasteiger partial charge >= 0.3 is 0 Å². The molecule has 0 aromatic rings. The summed E-state index contributed by atoms with van der Waals surface area (Å²) in [6.45, 7) is 9.53. The van der Waals surface area contributed by atoms with Gasteiger partial charge in [0.2, 0.25) is 0 Å². The van der Waals surface area contributed by atoms with Gasteiger partial charge in [0.15, 0.2) is 0 Å². The van der Waals surface area contributed by atoms with E-state index in [1.165, 1.54) is 42.9 Å². The van der Waals surface area contributed by atoms with Crippen molar-refractivity contribution in [1.29, 1.82) is 0 Å². The standard InChI is InChI=1S/C14H29S/c1-5-15(6-2)11-13-7-9-14(10-8-13)12(3)4/h12-14H,5-11H2,1-4H3/q+1. The van der Waals surface area contributed by atoms with E-state index in [1.54, 1.807) is 0 Å². The molecular formula is C14H29S+. The summed E-state index contributed by atoms with van der Waals surface area (Å²) < 4.78 is 0. The Hall–Kier alpha value is 0.350. The van der Waals surface area contributed by atoms with Gasteiger partial charge in [0, 0.05) is 5.92 Å². The first kappa shape index (κ1) is 13.4. The van der Waals surface area contributed by atoms with Crippen LogP contribution in [0.2, 0.25) is 0 Å². The van der Waals surface area contributed by atoms with Crippen molar-refractivity contribution < 1.29 is 0 Å². The highest BCUT2D eigenvalue weighted by atomic mass is 32.2. The van der Waals surface area contributed by atoms with E-state index >= 15 is 0 Å². The molecule has 0 atom stereocenters. The van der Waals surface area contributed by atoms with Crippen LogP contribution in [0.5, 0.6) is 0 Å². The second-order valence-corrected chi connectivity index (χ2v) is 8.09. The Kier molecular flexibility index (Phi) is 6.11. The molecule has 1 heteroatoms. The molecule has 0 amide bonds. The maximum absolute atomic E-state index is 2.40.